The van der Waals surface area contributed by atoms with E-state index in [1.165, 1.54) is 0 Å². The number of hydrogen-bond donors (Lipinski definition) is 1. The topological polar surface area (TPSA) is 53.7 Å². The molecule has 3 heterocycles. The first kappa shape index (κ1) is 12.4. The van der Waals surface area contributed by atoms with Gasteiger partial charge >= 0.3 is 0 Å². The first-order valence-electron chi connectivity index (χ1n) is 6.89. The van der Waals surface area contributed by atoms with Crippen molar-refractivity contribution in [1.29, 1.82) is 0 Å². The van der Waals surface area contributed by atoms with Crippen molar-refractivity contribution >= 4 is 11.5 Å². The van der Waals surface area contributed by atoms with E-state index in [4.69, 9.17) is 0 Å². The lowest BCUT2D eigenvalue weighted by atomic mass is 10.2. The molecule has 1 aliphatic rings. The van der Waals surface area contributed by atoms with E-state index < -0.39 is 0 Å². The average Bonchev–Trinajstić information content (AvgIpc) is 2.95. The van der Waals surface area contributed by atoms with E-state index in [1.807, 2.05) is 11.4 Å². The first-order valence-corrected chi connectivity index (χ1v) is 6.89. The summed E-state index contributed by atoms with van der Waals surface area (Å²) in [6.07, 6.45) is 1.50. The van der Waals surface area contributed by atoms with E-state index >= 15 is 0 Å². The summed E-state index contributed by atoms with van der Waals surface area (Å²) >= 11 is 0. The van der Waals surface area contributed by atoms with Crippen molar-refractivity contribution in [1.82, 2.24) is 14.6 Å². The Kier molecular flexibility index (Phi) is 2.93. The minimum Gasteiger partial charge on any atom is -0.391 e. The molecular weight excluding hydrogens is 240 g/mol. The number of aromatic nitrogens is 3. The third-order valence-electron chi connectivity index (χ3n) is 3.94. The van der Waals surface area contributed by atoms with Crippen LogP contribution in [0.4, 0.5) is 5.82 Å². The van der Waals surface area contributed by atoms with Crippen LogP contribution in [0.2, 0.25) is 0 Å². The smallest absolute Gasteiger partial charge is 0.160 e. The molecule has 5 heteroatoms. The van der Waals surface area contributed by atoms with Crippen LogP contribution >= 0.6 is 0 Å². The van der Waals surface area contributed by atoms with Gasteiger partial charge in [-0.25, -0.2) is 4.98 Å². The largest absolute Gasteiger partial charge is 0.391 e. The molecule has 5 nitrogen and oxygen atoms in total. The van der Waals surface area contributed by atoms with Crippen LogP contribution in [0, 0.1) is 13.8 Å². The Morgan fingerprint density at radius 3 is 2.84 bits per heavy atom. The van der Waals surface area contributed by atoms with Crippen LogP contribution < -0.4 is 4.90 Å². The van der Waals surface area contributed by atoms with E-state index in [1.54, 1.807) is 0 Å². The van der Waals surface area contributed by atoms with Crippen LogP contribution in [0.15, 0.2) is 6.07 Å². The van der Waals surface area contributed by atoms with Gasteiger partial charge in [0.25, 0.3) is 0 Å². The van der Waals surface area contributed by atoms with Crippen molar-refractivity contribution in [2.24, 2.45) is 0 Å². The van der Waals surface area contributed by atoms with Crippen LogP contribution in [0.3, 0.4) is 0 Å². The predicted octanol–water partition coefficient (Wildman–Crippen LogP) is 1.48. The fourth-order valence-corrected chi connectivity index (χ4v) is 2.62. The number of nitrogens with zero attached hydrogens (tertiary/aromatic N) is 4. The molecule has 1 aliphatic heterocycles. The van der Waals surface area contributed by atoms with Crippen LogP contribution in [0.5, 0.6) is 0 Å². The van der Waals surface area contributed by atoms with E-state index in [-0.39, 0.29) is 6.10 Å². The van der Waals surface area contributed by atoms with E-state index in [2.05, 4.69) is 34.9 Å². The van der Waals surface area contributed by atoms with Crippen LogP contribution in [-0.4, -0.2) is 38.9 Å². The highest BCUT2D eigenvalue weighted by atomic mass is 16.3. The monoisotopic (exact) mass is 260 g/mol. The van der Waals surface area contributed by atoms with E-state index in [9.17, 15) is 5.11 Å². The maximum atomic E-state index is 9.73. The van der Waals surface area contributed by atoms with Crippen LogP contribution in [0.1, 0.15) is 30.3 Å². The Morgan fingerprint density at radius 2 is 2.21 bits per heavy atom. The van der Waals surface area contributed by atoms with Crippen molar-refractivity contribution < 1.29 is 5.11 Å². The summed E-state index contributed by atoms with van der Waals surface area (Å²) in [5.74, 6) is 1.05. The number of rotatable bonds is 2. The lowest BCUT2D eigenvalue weighted by Gasteiger charge is -2.19. The van der Waals surface area contributed by atoms with Gasteiger partial charge in [-0.3, -0.25) is 0 Å². The third-order valence-corrected chi connectivity index (χ3v) is 3.94. The SMILES string of the molecule is CCc1cc(N2CC[C@H](O)C2)n2nc(C)c(C)c2n1. The molecule has 0 bridgehead atoms. The number of β-amino-alcohol motifs (C(OH)–C–C–N with tert-alkyl or cyclic N) is 1. The quantitative estimate of drug-likeness (QED) is 0.888. The molecule has 0 aromatic carbocycles. The van der Waals surface area contributed by atoms with E-state index in [0.29, 0.717) is 6.54 Å². The van der Waals surface area contributed by atoms with Gasteiger partial charge in [0.2, 0.25) is 0 Å². The first-order chi connectivity index (χ1) is 9.10. The molecule has 0 amide bonds. The number of hydrogen-bond acceptors (Lipinski definition) is 4. The van der Waals surface area contributed by atoms with Crippen molar-refractivity contribution in [3.05, 3.63) is 23.0 Å². The highest BCUT2D eigenvalue weighted by molar-refractivity contribution is 5.57. The maximum Gasteiger partial charge on any atom is 0.160 e. The highest BCUT2D eigenvalue weighted by Crippen LogP contribution is 2.24. The number of aliphatic hydroxyl groups is 1. The van der Waals surface area contributed by atoms with Gasteiger partial charge in [-0.05, 0) is 26.7 Å². The number of aryl methyl sites for hydroxylation is 3. The standard InChI is InChI=1S/C14H20N4O/c1-4-11-7-13(17-6-5-12(19)8-17)18-14(15-11)9(2)10(3)16-18/h7,12,19H,4-6,8H2,1-3H3/t12-/m0/s1. The number of anilines is 1. The highest BCUT2D eigenvalue weighted by Gasteiger charge is 2.24. The molecule has 0 saturated carbocycles. The van der Waals surface area contributed by atoms with Gasteiger partial charge in [0.1, 0.15) is 5.82 Å². The summed E-state index contributed by atoms with van der Waals surface area (Å²) < 4.78 is 1.92. The van der Waals surface area contributed by atoms with Crippen molar-refractivity contribution in [3.63, 3.8) is 0 Å². The molecule has 102 valence electrons. The second-order valence-corrected chi connectivity index (χ2v) is 5.29. The Labute approximate surface area is 112 Å². The molecule has 0 spiro atoms. The minimum absolute atomic E-state index is 0.231. The van der Waals surface area contributed by atoms with Gasteiger partial charge < -0.3 is 10.0 Å². The molecule has 19 heavy (non-hydrogen) atoms. The molecule has 1 atom stereocenters. The predicted molar refractivity (Wildman–Crippen MR) is 74.7 cm³/mol. The van der Waals surface area contributed by atoms with Crippen molar-refractivity contribution in [2.75, 3.05) is 18.0 Å². The average molecular weight is 260 g/mol. The maximum absolute atomic E-state index is 9.73. The van der Waals surface area contributed by atoms with Crippen LogP contribution in [-0.2, 0) is 6.42 Å². The Bertz CT molecular complexity index is 619. The lowest BCUT2D eigenvalue weighted by molar-refractivity contribution is 0.198. The zero-order valence-corrected chi connectivity index (χ0v) is 11.7. The number of fused-ring (bicyclic) bond motifs is 1. The van der Waals surface area contributed by atoms with Gasteiger partial charge in [-0.1, -0.05) is 6.92 Å². The summed E-state index contributed by atoms with van der Waals surface area (Å²) in [4.78, 5) is 6.88. The van der Waals surface area contributed by atoms with Crippen molar-refractivity contribution in [3.8, 4) is 0 Å². The van der Waals surface area contributed by atoms with Gasteiger partial charge in [0.05, 0.1) is 11.8 Å². The molecule has 0 radical (unpaired) electrons. The summed E-state index contributed by atoms with van der Waals surface area (Å²) in [6.45, 7) is 7.74. The molecule has 1 fully saturated rings. The zero-order valence-electron chi connectivity index (χ0n) is 11.7. The number of aliphatic hydroxyl groups excluding tert-OH is 1. The summed E-state index contributed by atoms with van der Waals surface area (Å²) in [5.41, 5.74) is 4.16. The second kappa shape index (κ2) is 4.49. The molecule has 0 aliphatic carbocycles. The third kappa shape index (κ3) is 1.98. The fraction of sp³-hybridized carbons (Fsp3) is 0.571. The molecule has 0 unspecified atom stereocenters. The van der Waals surface area contributed by atoms with E-state index in [0.717, 1.165) is 47.8 Å². The molecule has 1 saturated heterocycles. The molecular formula is C14H20N4O. The summed E-state index contributed by atoms with van der Waals surface area (Å²) in [7, 11) is 0. The summed E-state index contributed by atoms with van der Waals surface area (Å²) in [5, 5.41) is 14.3. The zero-order chi connectivity index (χ0) is 13.6. The minimum atomic E-state index is -0.231. The molecule has 3 rings (SSSR count). The van der Waals surface area contributed by atoms with Crippen LogP contribution in [0.25, 0.3) is 5.65 Å². The van der Waals surface area contributed by atoms with Gasteiger partial charge in [-0.15, -0.1) is 0 Å². The van der Waals surface area contributed by atoms with Crippen molar-refractivity contribution in [2.45, 2.75) is 39.7 Å². The second-order valence-electron chi connectivity index (χ2n) is 5.29. The summed E-state index contributed by atoms with van der Waals surface area (Å²) in [6, 6.07) is 2.09. The van der Waals surface area contributed by atoms with Gasteiger partial charge in [0, 0.05) is 30.4 Å². The molecule has 2 aromatic rings. The normalized spacial score (nSPS) is 19.6. The Hall–Kier alpha value is -1.62. The Balaban J connectivity index is 2.18. The van der Waals surface area contributed by atoms with Gasteiger partial charge in [-0.2, -0.15) is 9.61 Å². The Morgan fingerprint density at radius 1 is 1.42 bits per heavy atom. The fourth-order valence-electron chi connectivity index (χ4n) is 2.62. The van der Waals surface area contributed by atoms with Gasteiger partial charge in [0.15, 0.2) is 5.65 Å². The molecule has 1 N–H and O–H groups in total. The lowest BCUT2D eigenvalue weighted by Crippen LogP contribution is -2.24. The molecule has 2 aromatic heterocycles.